The first-order valence-electron chi connectivity index (χ1n) is 8.38. The zero-order chi connectivity index (χ0) is 19.0. The van der Waals surface area contributed by atoms with Crippen molar-refractivity contribution in [3.63, 3.8) is 0 Å². The van der Waals surface area contributed by atoms with Crippen LogP contribution in [0.5, 0.6) is 0 Å². The van der Waals surface area contributed by atoms with Crippen LogP contribution in [0.15, 0.2) is 47.5 Å². The number of nitrogens with one attached hydrogen (secondary N) is 1. The Hall–Kier alpha value is -2.64. The number of aromatic nitrogens is 4. The molecular weight excluding hydrogens is 389 g/mol. The Labute approximate surface area is 164 Å². The third-order valence-corrected chi connectivity index (χ3v) is 5.04. The van der Waals surface area contributed by atoms with Crippen molar-refractivity contribution in [2.75, 3.05) is 5.32 Å². The van der Waals surface area contributed by atoms with Gasteiger partial charge in [0.25, 0.3) is 0 Å². The van der Waals surface area contributed by atoms with Crippen molar-refractivity contribution in [3.05, 3.63) is 63.3 Å². The van der Waals surface area contributed by atoms with Crippen LogP contribution < -0.4 is 11.0 Å². The van der Waals surface area contributed by atoms with E-state index in [0.717, 1.165) is 23.1 Å². The van der Waals surface area contributed by atoms with Crippen LogP contribution in [0, 0.1) is 0 Å². The summed E-state index contributed by atoms with van der Waals surface area (Å²) in [7, 11) is 0. The molecule has 0 aliphatic heterocycles. The summed E-state index contributed by atoms with van der Waals surface area (Å²) in [6.45, 7) is -0.228. The normalized spacial score (nSPS) is 13.6. The number of amides is 1. The molecule has 1 saturated carbocycles. The highest BCUT2D eigenvalue weighted by Crippen LogP contribution is 2.36. The minimum atomic E-state index is -0.417. The van der Waals surface area contributed by atoms with Gasteiger partial charge < -0.3 is 5.32 Å². The van der Waals surface area contributed by atoms with E-state index in [2.05, 4.69) is 15.4 Å². The predicted molar refractivity (Wildman–Crippen MR) is 103 cm³/mol. The van der Waals surface area contributed by atoms with E-state index in [1.807, 2.05) is 6.07 Å². The lowest BCUT2D eigenvalue weighted by Crippen LogP contribution is -2.30. The van der Waals surface area contributed by atoms with Crippen molar-refractivity contribution in [2.45, 2.75) is 25.4 Å². The predicted octanol–water partition coefficient (Wildman–Crippen LogP) is 3.39. The second-order valence-electron chi connectivity index (χ2n) is 6.26. The summed E-state index contributed by atoms with van der Waals surface area (Å²) < 4.78 is 2.80. The summed E-state index contributed by atoms with van der Waals surface area (Å²) in [5, 5.41) is 7.62. The monoisotopic (exact) mass is 403 g/mol. The molecule has 138 valence electrons. The fourth-order valence-corrected chi connectivity index (χ4v) is 3.15. The highest BCUT2D eigenvalue weighted by Gasteiger charge is 2.30. The molecule has 1 aliphatic carbocycles. The zero-order valence-corrected chi connectivity index (χ0v) is 15.6. The summed E-state index contributed by atoms with van der Waals surface area (Å²) in [5.74, 6) is 0.101. The van der Waals surface area contributed by atoms with E-state index in [-0.39, 0.29) is 23.3 Å². The van der Waals surface area contributed by atoms with E-state index < -0.39 is 5.91 Å². The van der Waals surface area contributed by atoms with E-state index in [4.69, 9.17) is 23.2 Å². The van der Waals surface area contributed by atoms with Gasteiger partial charge in [-0.25, -0.2) is 9.48 Å². The minimum absolute atomic E-state index is 0.117. The highest BCUT2D eigenvalue weighted by atomic mass is 35.5. The van der Waals surface area contributed by atoms with Gasteiger partial charge in [0.05, 0.1) is 15.7 Å². The third-order valence-electron chi connectivity index (χ3n) is 4.22. The van der Waals surface area contributed by atoms with Crippen molar-refractivity contribution < 1.29 is 4.79 Å². The number of anilines is 1. The van der Waals surface area contributed by atoms with Crippen LogP contribution in [0.1, 0.15) is 18.9 Å². The molecule has 27 heavy (non-hydrogen) atoms. The van der Waals surface area contributed by atoms with Gasteiger partial charge in [-0.15, -0.1) is 5.10 Å². The van der Waals surface area contributed by atoms with Gasteiger partial charge in [0.2, 0.25) is 5.91 Å². The Bertz CT molecular complexity index is 1060. The summed E-state index contributed by atoms with van der Waals surface area (Å²) in [6, 6.07) is 8.68. The standard InChI is InChI=1S/C18H15Cl2N5O2/c19-13-4-1-5-14(16(13)20)22-15(26)10-24-18(27)25(12-6-7-12)17(23-24)11-3-2-8-21-9-11/h1-5,8-9,12H,6-7,10H2,(H,22,26). The molecule has 0 radical (unpaired) electrons. The largest absolute Gasteiger partial charge is 0.346 e. The Morgan fingerprint density at radius 2 is 2.04 bits per heavy atom. The maximum Gasteiger partial charge on any atom is 0.346 e. The van der Waals surface area contributed by atoms with Gasteiger partial charge in [0.15, 0.2) is 5.82 Å². The van der Waals surface area contributed by atoms with Crippen molar-refractivity contribution in [1.29, 1.82) is 0 Å². The quantitative estimate of drug-likeness (QED) is 0.707. The molecule has 0 atom stereocenters. The van der Waals surface area contributed by atoms with Gasteiger partial charge >= 0.3 is 5.69 Å². The minimum Gasteiger partial charge on any atom is -0.323 e. The smallest absolute Gasteiger partial charge is 0.323 e. The van der Waals surface area contributed by atoms with E-state index in [1.165, 1.54) is 0 Å². The first kappa shape index (κ1) is 17.8. The van der Waals surface area contributed by atoms with E-state index in [1.54, 1.807) is 41.2 Å². The topological polar surface area (TPSA) is 81.8 Å². The van der Waals surface area contributed by atoms with E-state index in [0.29, 0.717) is 16.5 Å². The molecule has 1 amide bonds. The number of carbonyl (C=O) groups excluding carboxylic acids is 1. The van der Waals surface area contributed by atoms with Crippen LogP contribution in [0.2, 0.25) is 10.0 Å². The Morgan fingerprint density at radius 3 is 2.74 bits per heavy atom. The highest BCUT2D eigenvalue weighted by molar-refractivity contribution is 6.43. The molecule has 1 aliphatic rings. The fourth-order valence-electron chi connectivity index (χ4n) is 2.80. The van der Waals surface area contributed by atoms with Gasteiger partial charge in [-0.05, 0) is 37.1 Å². The van der Waals surface area contributed by atoms with E-state index >= 15 is 0 Å². The molecule has 0 bridgehead atoms. The molecule has 1 N–H and O–H groups in total. The number of carbonyl (C=O) groups is 1. The number of halogens is 2. The van der Waals surface area contributed by atoms with E-state index in [9.17, 15) is 9.59 Å². The molecule has 3 aromatic rings. The lowest BCUT2D eigenvalue weighted by molar-refractivity contribution is -0.117. The molecule has 2 aromatic heterocycles. The lowest BCUT2D eigenvalue weighted by atomic mass is 10.3. The van der Waals surface area contributed by atoms with Gasteiger partial charge in [-0.2, -0.15) is 0 Å². The molecule has 2 heterocycles. The first-order chi connectivity index (χ1) is 13.0. The summed E-state index contributed by atoms with van der Waals surface area (Å²) in [6.07, 6.45) is 5.14. The van der Waals surface area contributed by atoms with Crippen molar-refractivity contribution in [2.24, 2.45) is 0 Å². The number of hydrogen-bond acceptors (Lipinski definition) is 4. The van der Waals surface area contributed by atoms with Crippen molar-refractivity contribution in [3.8, 4) is 11.4 Å². The van der Waals surface area contributed by atoms with Crippen LogP contribution >= 0.6 is 23.2 Å². The molecule has 7 nitrogen and oxygen atoms in total. The van der Waals surface area contributed by atoms with Gasteiger partial charge in [-0.1, -0.05) is 29.3 Å². The second-order valence-corrected chi connectivity index (χ2v) is 7.04. The third kappa shape index (κ3) is 3.61. The number of benzene rings is 1. The average molecular weight is 404 g/mol. The lowest BCUT2D eigenvalue weighted by Gasteiger charge is -2.07. The van der Waals surface area contributed by atoms with Crippen molar-refractivity contribution >= 4 is 34.8 Å². The summed E-state index contributed by atoms with van der Waals surface area (Å²) in [5.41, 5.74) is 0.804. The molecule has 0 spiro atoms. The molecular formula is C18H15Cl2N5O2. The number of pyridine rings is 1. The molecule has 9 heteroatoms. The molecule has 1 fully saturated rings. The van der Waals surface area contributed by atoms with Crippen LogP contribution in [0.4, 0.5) is 5.69 Å². The van der Waals surface area contributed by atoms with Gasteiger partial charge in [0.1, 0.15) is 6.54 Å². The Balaban J connectivity index is 1.62. The van der Waals surface area contributed by atoms with Crippen LogP contribution in [0.25, 0.3) is 11.4 Å². The van der Waals surface area contributed by atoms with Crippen LogP contribution in [0.3, 0.4) is 0 Å². The first-order valence-corrected chi connectivity index (χ1v) is 9.14. The SMILES string of the molecule is O=C(Cn1nc(-c2cccnc2)n(C2CC2)c1=O)Nc1cccc(Cl)c1Cl. The Kier molecular flexibility index (Phi) is 4.72. The zero-order valence-electron chi connectivity index (χ0n) is 14.1. The number of rotatable bonds is 5. The molecule has 0 unspecified atom stereocenters. The number of nitrogens with zero attached hydrogens (tertiary/aromatic N) is 4. The second kappa shape index (κ2) is 7.17. The van der Waals surface area contributed by atoms with Crippen LogP contribution in [-0.2, 0) is 11.3 Å². The van der Waals surface area contributed by atoms with Gasteiger partial charge in [-0.3, -0.25) is 14.3 Å². The van der Waals surface area contributed by atoms with Crippen molar-refractivity contribution in [1.82, 2.24) is 19.3 Å². The summed E-state index contributed by atoms with van der Waals surface area (Å²) >= 11 is 12.0. The molecule has 1 aromatic carbocycles. The van der Waals surface area contributed by atoms with Gasteiger partial charge in [0, 0.05) is 24.0 Å². The molecule has 0 saturated heterocycles. The maximum atomic E-state index is 12.8. The molecule has 4 rings (SSSR count). The number of hydrogen-bond donors (Lipinski definition) is 1. The fraction of sp³-hybridized carbons (Fsp3) is 0.222. The summed E-state index contributed by atoms with van der Waals surface area (Å²) in [4.78, 5) is 29.3. The maximum absolute atomic E-state index is 12.8. The average Bonchev–Trinajstić information content (AvgIpc) is 3.45. The van der Waals surface area contributed by atoms with Crippen LogP contribution in [-0.4, -0.2) is 25.2 Å². The Morgan fingerprint density at radius 1 is 1.22 bits per heavy atom.